The molecular formula is C13H17BrClN. The van der Waals surface area contributed by atoms with E-state index in [-0.39, 0.29) is 0 Å². The van der Waals surface area contributed by atoms with Crippen molar-refractivity contribution in [3.63, 3.8) is 0 Å². The highest BCUT2D eigenvalue weighted by molar-refractivity contribution is 9.10. The number of rotatable bonds is 4. The fourth-order valence-corrected chi connectivity index (χ4v) is 2.58. The Morgan fingerprint density at radius 3 is 2.81 bits per heavy atom. The second-order valence-corrected chi connectivity index (χ2v) is 6.58. The van der Waals surface area contributed by atoms with E-state index in [0.29, 0.717) is 5.41 Å². The van der Waals surface area contributed by atoms with Crippen molar-refractivity contribution in [1.82, 2.24) is 5.32 Å². The van der Waals surface area contributed by atoms with Crippen molar-refractivity contribution in [1.29, 1.82) is 0 Å². The molecule has 0 saturated heterocycles. The molecular weight excluding hydrogens is 286 g/mol. The van der Waals surface area contributed by atoms with Gasteiger partial charge in [-0.2, -0.15) is 0 Å². The summed E-state index contributed by atoms with van der Waals surface area (Å²) in [7, 11) is 0. The Morgan fingerprint density at radius 1 is 1.50 bits per heavy atom. The fraction of sp³-hybridized carbons (Fsp3) is 0.538. The molecule has 3 heteroatoms. The highest BCUT2D eigenvalue weighted by atomic mass is 79.9. The first kappa shape index (κ1) is 12.4. The van der Waals surface area contributed by atoms with Crippen LogP contribution < -0.4 is 5.32 Å². The lowest BCUT2D eigenvalue weighted by Gasteiger charge is -2.08. The van der Waals surface area contributed by atoms with Crippen LogP contribution in [0, 0.1) is 11.3 Å². The van der Waals surface area contributed by atoms with Crippen LogP contribution in [0.15, 0.2) is 22.7 Å². The Morgan fingerprint density at radius 2 is 2.19 bits per heavy atom. The Kier molecular flexibility index (Phi) is 3.62. The minimum atomic E-state index is 0.550. The van der Waals surface area contributed by atoms with Crippen LogP contribution in [0.3, 0.4) is 0 Å². The van der Waals surface area contributed by atoms with Crippen LogP contribution in [0.25, 0.3) is 0 Å². The summed E-state index contributed by atoms with van der Waals surface area (Å²) in [6.45, 7) is 6.59. The van der Waals surface area contributed by atoms with Gasteiger partial charge in [0.2, 0.25) is 0 Å². The zero-order valence-electron chi connectivity index (χ0n) is 9.69. The van der Waals surface area contributed by atoms with Crippen LogP contribution in [0.4, 0.5) is 0 Å². The number of halogens is 2. The number of nitrogens with one attached hydrogen (secondary N) is 1. The van der Waals surface area contributed by atoms with E-state index < -0.39 is 0 Å². The van der Waals surface area contributed by atoms with Crippen LogP contribution in [-0.4, -0.2) is 6.54 Å². The van der Waals surface area contributed by atoms with Gasteiger partial charge in [0.15, 0.2) is 0 Å². The van der Waals surface area contributed by atoms with Crippen molar-refractivity contribution in [3.8, 4) is 0 Å². The fourth-order valence-electron chi connectivity index (χ4n) is 1.98. The summed E-state index contributed by atoms with van der Waals surface area (Å²) in [5.74, 6) is 0.832. The quantitative estimate of drug-likeness (QED) is 0.877. The van der Waals surface area contributed by atoms with Gasteiger partial charge in [0.1, 0.15) is 0 Å². The third-order valence-corrected chi connectivity index (χ3v) is 4.29. The van der Waals surface area contributed by atoms with Gasteiger partial charge in [0, 0.05) is 16.0 Å². The molecule has 0 spiro atoms. The molecule has 1 aliphatic rings. The van der Waals surface area contributed by atoms with E-state index in [0.717, 1.165) is 34.1 Å². The molecule has 1 N–H and O–H groups in total. The zero-order valence-corrected chi connectivity index (χ0v) is 12.0. The lowest BCUT2D eigenvalue weighted by molar-refractivity contribution is 0.519. The molecule has 1 fully saturated rings. The second-order valence-electron chi connectivity index (χ2n) is 5.26. The van der Waals surface area contributed by atoms with Gasteiger partial charge < -0.3 is 5.32 Å². The van der Waals surface area contributed by atoms with Gasteiger partial charge in [-0.25, -0.2) is 0 Å². The van der Waals surface area contributed by atoms with Crippen LogP contribution in [-0.2, 0) is 6.54 Å². The molecule has 1 aliphatic carbocycles. The molecule has 16 heavy (non-hydrogen) atoms. The van der Waals surface area contributed by atoms with Gasteiger partial charge in [0.25, 0.3) is 0 Å². The van der Waals surface area contributed by atoms with Crippen molar-refractivity contribution in [3.05, 3.63) is 33.3 Å². The first-order valence-electron chi connectivity index (χ1n) is 5.64. The highest BCUT2D eigenvalue weighted by Gasteiger charge is 2.44. The topological polar surface area (TPSA) is 12.0 Å². The van der Waals surface area contributed by atoms with Crippen LogP contribution in [0.5, 0.6) is 0 Å². The molecule has 88 valence electrons. The maximum Gasteiger partial charge on any atom is 0.0451 e. The van der Waals surface area contributed by atoms with Crippen molar-refractivity contribution >= 4 is 27.5 Å². The van der Waals surface area contributed by atoms with E-state index in [1.54, 1.807) is 0 Å². The van der Waals surface area contributed by atoms with Crippen LogP contribution in [0.2, 0.25) is 5.02 Å². The second kappa shape index (κ2) is 4.67. The molecule has 1 nitrogen and oxygen atoms in total. The zero-order chi connectivity index (χ0) is 11.8. The van der Waals surface area contributed by atoms with Gasteiger partial charge in [-0.3, -0.25) is 0 Å². The molecule has 0 aliphatic heterocycles. The maximum atomic E-state index is 6.12. The van der Waals surface area contributed by atoms with E-state index in [2.05, 4.69) is 41.2 Å². The molecule has 1 unspecified atom stereocenters. The summed E-state index contributed by atoms with van der Waals surface area (Å²) < 4.78 is 1.08. The highest BCUT2D eigenvalue weighted by Crippen LogP contribution is 2.50. The predicted octanol–water partition coefficient (Wildman–Crippen LogP) is 4.24. The average Bonchev–Trinajstić information content (AvgIpc) is 2.80. The SMILES string of the molecule is CC1(C)CC1CNCc1cc(Br)ccc1Cl. The minimum absolute atomic E-state index is 0.550. The molecule has 1 atom stereocenters. The van der Waals surface area contributed by atoms with Crippen LogP contribution >= 0.6 is 27.5 Å². The summed E-state index contributed by atoms with van der Waals surface area (Å²) in [5, 5.41) is 4.32. The molecule has 1 aromatic rings. The minimum Gasteiger partial charge on any atom is -0.312 e. The van der Waals surface area contributed by atoms with Crippen molar-refractivity contribution in [2.45, 2.75) is 26.8 Å². The third kappa shape index (κ3) is 2.99. The molecule has 0 amide bonds. The van der Waals surface area contributed by atoms with Crippen molar-refractivity contribution in [2.75, 3.05) is 6.54 Å². The standard InChI is InChI=1S/C13H17BrClN/c1-13(2)6-10(13)8-16-7-9-5-11(14)3-4-12(9)15/h3-5,10,16H,6-8H2,1-2H3. The van der Waals surface area contributed by atoms with Gasteiger partial charge in [0.05, 0.1) is 0 Å². The van der Waals surface area contributed by atoms with Crippen molar-refractivity contribution < 1.29 is 0 Å². The van der Waals surface area contributed by atoms with Gasteiger partial charge in [-0.15, -0.1) is 0 Å². The predicted molar refractivity (Wildman–Crippen MR) is 72.7 cm³/mol. The molecule has 0 radical (unpaired) electrons. The molecule has 1 saturated carbocycles. The number of hydrogen-bond donors (Lipinski definition) is 1. The van der Waals surface area contributed by atoms with E-state index in [1.165, 1.54) is 6.42 Å². The summed E-state index contributed by atoms with van der Waals surface area (Å²) in [5.41, 5.74) is 1.71. The van der Waals surface area contributed by atoms with Gasteiger partial charge in [-0.05, 0) is 48.1 Å². The lowest BCUT2D eigenvalue weighted by atomic mass is 10.1. The number of benzene rings is 1. The maximum absolute atomic E-state index is 6.12. The molecule has 2 rings (SSSR count). The average molecular weight is 303 g/mol. The lowest BCUT2D eigenvalue weighted by Crippen LogP contribution is -2.18. The Labute approximate surface area is 111 Å². The molecule has 1 aromatic carbocycles. The Bertz CT molecular complexity index is 390. The monoisotopic (exact) mass is 301 g/mol. The van der Waals surface area contributed by atoms with E-state index in [4.69, 9.17) is 11.6 Å². The van der Waals surface area contributed by atoms with Crippen LogP contribution in [0.1, 0.15) is 25.8 Å². The van der Waals surface area contributed by atoms with E-state index in [1.807, 2.05) is 12.1 Å². The summed E-state index contributed by atoms with van der Waals surface area (Å²) in [4.78, 5) is 0. The Hall–Kier alpha value is -0.0500. The smallest absolute Gasteiger partial charge is 0.0451 e. The third-order valence-electron chi connectivity index (χ3n) is 3.43. The van der Waals surface area contributed by atoms with Gasteiger partial charge >= 0.3 is 0 Å². The largest absolute Gasteiger partial charge is 0.312 e. The van der Waals surface area contributed by atoms with Crippen molar-refractivity contribution in [2.24, 2.45) is 11.3 Å². The number of hydrogen-bond acceptors (Lipinski definition) is 1. The van der Waals surface area contributed by atoms with E-state index in [9.17, 15) is 0 Å². The summed E-state index contributed by atoms with van der Waals surface area (Å²) in [6.07, 6.45) is 1.34. The summed E-state index contributed by atoms with van der Waals surface area (Å²) in [6, 6.07) is 5.98. The van der Waals surface area contributed by atoms with Gasteiger partial charge in [-0.1, -0.05) is 41.4 Å². The molecule has 0 aromatic heterocycles. The van der Waals surface area contributed by atoms with E-state index >= 15 is 0 Å². The first-order valence-corrected chi connectivity index (χ1v) is 6.81. The normalized spacial score (nSPS) is 22.1. The molecule has 0 heterocycles. The summed E-state index contributed by atoms with van der Waals surface area (Å²) >= 11 is 9.58. The molecule has 0 bridgehead atoms. The first-order chi connectivity index (χ1) is 7.49. The Balaban J connectivity index is 1.83.